The van der Waals surface area contributed by atoms with Crippen molar-refractivity contribution in [2.75, 3.05) is 18.1 Å². The summed E-state index contributed by atoms with van der Waals surface area (Å²) >= 11 is 1.31. The first-order chi connectivity index (χ1) is 9.58. The Morgan fingerprint density at radius 3 is 2.80 bits per heavy atom. The third kappa shape index (κ3) is 2.37. The summed E-state index contributed by atoms with van der Waals surface area (Å²) in [5, 5.41) is 6.73. The minimum Gasteiger partial charge on any atom is -0.382 e. The van der Waals surface area contributed by atoms with Crippen LogP contribution in [0.15, 0.2) is 0 Å². The number of amides is 1. The number of thiazole rings is 1. The highest BCUT2D eigenvalue weighted by Crippen LogP contribution is 2.49. The van der Waals surface area contributed by atoms with E-state index >= 15 is 0 Å². The number of fused-ring (bicyclic) bond motifs is 2. The Labute approximate surface area is 123 Å². The fourth-order valence-corrected chi connectivity index (χ4v) is 4.63. The van der Waals surface area contributed by atoms with Gasteiger partial charge in [0.05, 0.1) is 0 Å². The number of nitrogens with two attached hydrogens (primary N) is 1. The first-order valence-corrected chi connectivity index (χ1v) is 8.15. The maximum Gasteiger partial charge on any atom is 0.265 e. The quantitative estimate of drug-likeness (QED) is 0.796. The van der Waals surface area contributed by atoms with Gasteiger partial charge in [0, 0.05) is 13.1 Å². The molecule has 110 valence electrons. The van der Waals surface area contributed by atoms with E-state index < -0.39 is 0 Å². The molecule has 0 aliphatic heterocycles. The molecule has 1 heterocycles. The Bertz CT molecular complexity index is 515. The fraction of sp³-hybridized carbons (Fsp3) is 0.714. The SMILES string of the molecule is CNc1nc(N)c(C(=O)NC(C)C2CC3CCC2C3)s1. The van der Waals surface area contributed by atoms with Crippen LogP contribution in [0.3, 0.4) is 0 Å². The standard InChI is InChI=1S/C14H22N4OS/c1-7(10-6-8-3-4-9(10)5-8)17-13(19)11-12(15)18-14(16-2)20-11/h7-10H,3-6,15H2,1-2H3,(H,16,18)(H,17,19). The zero-order valence-electron chi connectivity index (χ0n) is 12.0. The smallest absolute Gasteiger partial charge is 0.265 e. The molecule has 2 fully saturated rings. The van der Waals surface area contributed by atoms with Gasteiger partial charge in [-0.05, 0) is 43.9 Å². The van der Waals surface area contributed by atoms with Gasteiger partial charge in [-0.25, -0.2) is 4.98 Å². The highest BCUT2D eigenvalue weighted by Gasteiger charge is 2.42. The van der Waals surface area contributed by atoms with Gasteiger partial charge in [0.15, 0.2) is 5.13 Å². The molecule has 4 N–H and O–H groups in total. The lowest BCUT2D eigenvalue weighted by Gasteiger charge is -2.28. The van der Waals surface area contributed by atoms with E-state index in [0.717, 1.165) is 11.8 Å². The number of anilines is 2. The van der Waals surface area contributed by atoms with Crippen LogP contribution in [0.1, 0.15) is 42.3 Å². The van der Waals surface area contributed by atoms with Crippen LogP contribution in [-0.2, 0) is 0 Å². The van der Waals surface area contributed by atoms with Gasteiger partial charge in [-0.3, -0.25) is 4.79 Å². The normalized spacial score (nSPS) is 29.4. The first kappa shape index (κ1) is 13.7. The van der Waals surface area contributed by atoms with Crippen molar-refractivity contribution in [3.63, 3.8) is 0 Å². The zero-order chi connectivity index (χ0) is 14.3. The second-order valence-corrected chi connectivity index (χ2v) is 7.08. The molecule has 2 bridgehead atoms. The number of hydrogen-bond donors (Lipinski definition) is 3. The number of nitrogen functional groups attached to an aromatic ring is 1. The summed E-state index contributed by atoms with van der Waals surface area (Å²) in [5.41, 5.74) is 5.81. The molecule has 1 aromatic heterocycles. The van der Waals surface area contributed by atoms with Gasteiger partial charge in [-0.2, -0.15) is 0 Å². The highest BCUT2D eigenvalue weighted by molar-refractivity contribution is 7.18. The Kier molecular flexibility index (Phi) is 3.58. The van der Waals surface area contributed by atoms with Gasteiger partial charge in [0.2, 0.25) is 0 Å². The first-order valence-electron chi connectivity index (χ1n) is 7.33. The molecule has 20 heavy (non-hydrogen) atoms. The van der Waals surface area contributed by atoms with E-state index in [1.165, 1.54) is 37.0 Å². The number of hydrogen-bond acceptors (Lipinski definition) is 5. The molecule has 1 aromatic rings. The van der Waals surface area contributed by atoms with Crippen molar-refractivity contribution in [2.45, 2.75) is 38.6 Å². The largest absolute Gasteiger partial charge is 0.382 e. The van der Waals surface area contributed by atoms with E-state index in [-0.39, 0.29) is 11.9 Å². The van der Waals surface area contributed by atoms with Crippen LogP contribution in [0.5, 0.6) is 0 Å². The number of carbonyl (C=O) groups is 1. The summed E-state index contributed by atoms with van der Waals surface area (Å²) in [6.07, 6.45) is 5.35. The number of nitrogens with zero attached hydrogens (tertiary/aromatic N) is 1. The van der Waals surface area contributed by atoms with Gasteiger partial charge in [-0.1, -0.05) is 17.8 Å². The lowest BCUT2D eigenvalue weighted by molar-refractivity contribution is 0.0920. The average Bonchev–Trinajstić information content (AvgIpc) is 3.12. The van der Waals surface area contributed by atoms with Crippen molar-refractivity contribution < 1.29 is 4.79 Å². The van der Waals surface area contributed by atoms with Crippen LogP contribution >= 0.6 is 11.3 Å². The molecule has 0 radical (unpaired) electrons. The van der Waals surface area contributed by atoms with Crippen molar-refractivity contribution in [3.8, 4) is 0 Å². The van der Waals surface area contributed by atoms with Crippen molar-refractivity contribution >= 4 is 28.2 Å². The highest BCUT2D eigenvalue weighted by atomic mass is 32.1. The van der Waals surface area contributed by atoms with Crippen LogP contribution in [0, 0.1) is 17.8 Å². The minimum absolute atomic E-state index is 0.0863. The van der Waals surface area contributed by atoms with Crippen molar-refractivity contribution in [1.82, 2.24) is 10.3 Å². The fourth-order valence-electron chi connectivity index (χ4n) is 3.89. The Morgan fingerprint density at radius 1 is 1.45 bits per heavy atom. The minimum atomic E-state index is -0.0863. The van der Waals surface area contributed by atoms with E-state index in [1.54, 1.807) is 7.05 Å². The predicted molar refractivity (Wildman–Crippen MR) is 81.9 cm³/mol. The van der Waals surface area contributed by atoms with Crippen LogP contribution in [0.2, 0.25) is 0 Å². The summed E-state index contributed by atoms with van der Waals surface area (Å²) in [5.74, 6) is 2.57. The van der Waals surface area contributed by atoms with Crippen molar-refractivity contribution in [3.05, 3.63) is 4.88 Å². The molecule has 0 aromatic carbocycles. The lowest BCUT2D eigenvalue weighted by Crippen LogP contribution is -2.40. The number of nitrogens with one attached hydrogen (secondary N) is 2. The summed E-state index contributed by atoms with van der Waals surface area (Å²) in [6.45, 7) is 2.12. The lowest BCUT2D eigenvalue weighted by atomic mass is 9.84. The molecule has 0 spiro atoms. The maximum absolute atomic E-state index is 12.3. The van der Waals surface area contributed by atoms with E-state index in [2.05, 4.69) is 22.5 Å². The second-order valence-electron chi connectivity index (χ2n) is 6.08. The molecule has 2 aliphatic rings. The molecule has 4 unspecified atom stereocenters. The zero-order valence-corrected chi connectivity index (χ0v) is 12.8. The van der Waals surface area contributed by atoms with E-state index in [0.29, 0.717) is 21.7 Å². The molecular formula is C14H22N4OS. The number of aromatic nitrogens is 1. The topological polar surface area (TPSA) is 80.0 Å². The molecule has 4 atom stereocenters. The monoisotopic (exact) mass is 294 g/mol. The molecule has 0 saturated heterocycles. The Morgan fingerprint density at radius 2 is 2.25 bits per heavy atom. The maximum atomic E-state index is 12.3. The summed E-state index contributed by atoms with van der Waals surface area (Å²) in [7, 11) is 1.78. The van der Waals surface area contributed by atoms with Gasteiger partial charge >= 0.3 is 0 Å². The van der Waals surface area contributed by atoms with Gasteiger partial charge in [-0.15, -0.1) is 0 Å². The second kappa shape index (κ2) is 5.24. The van der Waals surface area contributed by atoms with Crippen LogP contribution in [0.4, 0.5) is 10.9 Å². The van der Waals surface area contributed by atoms with Crippen molar-refractivity contribution in [1.29, 1.82) is 0 Å². The molecule has 2 aliphatic carbocycles. The third-order valence-corrected chi connectivity index (χ3v) is 5.95. The van der Waals surface area contributed by atoms with E-state index in [4.69, 9.17) is 5.73 Å². The van der Waals surface area contributed by atoms with E-state index in [9.17, 15) is 4.79 Å². The molecule has 1 amide bonds. The van der Waals surface area contributed by atoms with Gasteiger partial charge < -0.3 is 16.4 Å². The van der Waals surface area contributed by atoms with Crippen LogP contribution in [-0.4, -0.2) is 24.0 Å². The summed E-state index contributed by atoms with van der Waals surface area (Å²) in [4.78, 5) is 17.0. The van der Waals surface area contributed by atoms with Gasteiger partial charge in [0.1, 0.15) is 10.7 Å². The molecule has 2 saturated carbocycles. The summed E-state index contributed by atoms with van der Waals surface area (Å²) in [6, 6.07) is 0.220. The van der Waals surface area contributed by atoms with Gasteiger partial charge in [0.25, 0.3) is 5.91 Å². The number of rotatable bonds is 4. The molecule has 5 nitrogen and oxygen atoms in total. The molecule has 3 rings (SSSR count). The van der Waals surface area contributed by atoms with Crippen LogP contribution < -0.4 is 16.4 Å². The number of carbonyl (C=O) groups excluding carboxylic acids is 1. The Hall–Kier alpha value is -1.30. The third-order valence-electron chi connectivity index (χ3n) is 4.87. The average molecular weight is 294 g/mol. The summed E-state index contributed by atoms with van der Waals surface area (Å²) < 4.78 is 0. The molecule has 6 heteroatoms. The van der Waals surface area contributed by atoms with Crippen molar-refractivity contribution in [2.24, 2.45) is 17.8 Å². The van der Waals surface area contributed by atoms with E-state index in [1.807, 2.05) is 0 Å². The predicted octanol–water partition coefficient (Wildman–Crippen LogP) is 2.32. The van der Waals surface area contributed by atoms with Crippen LogP contribution in [0.25, 0.3) is 0 Å². The Balaban J connectivity index is 1.64. The molecular weight excluding hydrogens is 272 g/mol.